The Bertz CT molecular complexity index is 243. The van der Waals surface area contributed by atoms with E-state index in [1.165, 1.54) is 5.56 Å². The van der Waals surface area contributed by atoms with Gasteiger partial charge in [-0.25, -0.2) is 0 Å². The molecule has 0 fully saturated rings. The Labute approximate surface area is 71.8 Å². The molecule has 2 N–H and O–H groups in total. The molecule has 0 radical (unpaired) electrons. The maximum Gasteiger partial charge on any atom is 0.225 e. The van der Waals surface area contributed by atoms with Crippen molar-refractivity contribution in [1.82, 2.24) is 5.43 Å². The molecule has 3 nitrogen and oxygen atoms in total. The quantitative estimate of drug-likeness (QED) is 0.520. The number of benzene rings is 1. The highest BCUT2D eigenvalue weighted by atomic mass is 16.1. The molecule has 1 aromatic carbocycles. The zero-order chi connectivity index (χ0) is 8.81. The van der Waals surface area contributed by atoms with Crippen molar-refractivity contribution >= 4 is 12.1 Å². The van der Waals surface area contributed by atoms with Gasteiger partial charge in [-0.1, -0.05) is 19.1 Å². The molecule has 0 bridgehead atoms. The molecule has 12 heavy (non-hydrogen) atoms. The number of carbonyl (C=O) groups excluding carboxylic acids is 1. The van der Waals surface area contributed by atoms with Crippen LogP contribution in [0, 0.1) is 0 Å². The molecule has 0 aromatic heterocycles. The predicted octanol–water partition coefficient (Wildman–Crippen LogP) is 1.32. The zero-order valence-corrected chi connectivity index (χ0v) is 7.00. The van der Waals surface area contributed by atoms with Crippen LogP contribution in [0.5, 0.6) is 0 Å². The van der Waals surface area contributed by atoms with Crippen molar-refractivity contribution in [2.24, 2.45) is 0 Å². The van der Waals surface area contributed by atoms with Gasteiger partial charge < -0.3 is 0 Å². The van der Waals surface area contributed by atoms with Gasteiger partial charge in [0.05, 0.1) is 5.69 Å². The summed E-state index contributed by atoms with van der Waals surface area (Å²) >= 11 is 0. The Morgan fingerprint density at radius 1 is 1.33 bits per heavy atom. The molecule has 64 valence electrons. The Morgan fingerprint density at radius 2 is 2.00 bits per heavy atom. The molecule has 0 aliphatic rings. The molecule has 1 rings (SSSR count). The van der Waals surface area contributed by atoms with Gasteiger partial charge in [0.2, 0.25) is 6.41 Å². The minimum absolute atomic E-state index is 0.605. The van der Waals surface area contributed by atoms with E-state index in [0.29, 0.717) is 6.41 Å². The standard InChI is InChI=1S/C9H12N2O/c1-2-8-3-5-9(6-4-8)11-10-7-12/h3-7,11H,2H2,1H3,(H,10,12). The highest BCUT2D eigenvalue weighted by molar-refractivity contribution is 5.53. The van der Waals surface area contributed by atoms with E-state index in [4.69, 9.17) is 0 Å². The van der Waals surface area contributed by atoms with E-state index < -0.39 is 0 Å². The molecule has 0 heterocycles. The number of anilines is 1. The van der Waals surface area contributed by atoms with Crippen LogP contribution < -0.4 is 10.9 Å². The van der Waals surface area contributed by atoms with E-state index in [1.54, 1.807) is 0 Å². The van der Waals surface area contributed by atoms with Crippen LogP contribution in [0.2, 0.25) is 0 Å². The SMILES string of the molecule is CCc1ccc(NNC=O)cc1. The molecule has 3 heteroatoms. The average molecular weight is 164 g/mol. The molecule has 0 atom stereocenters. The van der Waals surface area contributed by atoms with Crippen molar-refractivity contribution in [1.29, 1.82) is 0 Å². The lowest BCUT2D eigenvalue weighted by molar-refractivity contribution is -0.109. The first-order valence-corrected chi connectivity index (χ1v) is 3.91. The fraction of sp³-hybridized carbons (Fsp3) is 0.222. The summed E-state index contributed by atoms with van der Waals surface area (Å²) in [5.74, 6) is 0. The van der Waals surface area contributed by atoms with Crippen molar-refractivity contribution in [2.75, 3.05) is 5.43 Å². The van der Waals surface area contributed by atoms with Crippen LogP contribution in [0.4, 0.5) is 5.69 Å². The molecular formula is C9H12N2O. The maximum absolute atomic E-state index is 9.93. The van der Waals surface area contributed by atoms with Crippen molar-refractivity contribution < 1.29 is 4.79 Å². The Balaban J connectivity index is 2.58. The van der Waals surface area contributed by atoms with E-state index in [-0.39, 0.29) is 0 Å². The first-order chi connectivity index (χ1) is 5.86. The van der Waals surface area contributed by atoms with Gasteiger partial charge >= 0.3 is 0 Å². The molecule has 0 saturated heterocycles. The van der Waals surface area contributed by atoms with Crippen molar-refractivity contribution in [3.05, 3.63) is 29.8 Å². The van der Waals surface area contributed by atoms with Crippen molar-refractivity contribution in [2.45, 2.75) is 13.3 Å². The fourth-order valence-corrected chi connectivity index (χ4v) is 0.937. The van der Waals surface area contributed by atoms with Crippen LogP contribution in [-0.4, -0.2) is 6.41 Å². The van der Waals surface area contributed by atoms with Crippen molar-refractivity contribution in [3.8, 4) is 0 Å². The minimum Gasteiger partial charge on any atom is -0.299 e. The van der Waals surface area contributed by atoms with Crippen LogP contribution in [-0.2, 0) is 11.2 Å². The van der Waals surface area contributed by atoms with Gasteiger partial charge in [0.25, 0.3) is 0 Å². The number of amides is 1. The number of carbonyl (C=O) groups is 1. The van der Waals surface area contributed by atoms with Crippen LogP contribution in [0.15, 0.2) is 24.3 Å². The number of hydrogen-bond donors (Lipinski definition) is 2. The van der Waals surface area contributed by atoms with E-state index in [9.17, 15) is 4.79 Å². The topological polar surface area (TPSA) is 41.1 Å². The Hall–Kier alpha value is -1.51. The molecule has 0 saturated carbocycles. The van der Waals surface area contributed by atoms with E-state index >= 15 is 0 Å². The second-order valence-electron chi connectivity index (χ2n) is 2.44. The van der Waals surface area contributed by atoms with E-state index in [0.717, 1.165) is 12.1 Å². The second kappa shape index (κ2) is 4.38. The van der Waals surface area contributed by atoms with Gasteiger partial charge in [0.1, 0.15) is 0 Å². The molecule has 1 aromatic rings. The van der Waals surface area contributed by atoms with Crippen LogP contribution >= 0.6 is 0 Å². The lowest BCUT2D eigenvalue weighted by atomic mass is 10.2. The number of aryl methyl sites for hydroxylation is 1. The largest absolute Gasteiger partial charge is 0.299 e. The van der Waals surface area contributed by atoms with E-state index in [1.807, 2.05) is 24.3 Å². The summed E-state index contributed by atoms with van der Waals surface area (Å²) in [7, 11) is 0. The van der Waals surface area contributed by atoms with Crippen LogP contribution in [0.1, 0.15) is 12.5 Å². The number of rotatable bonds is 4. The lowest BCUT2D eigenvalue weighted by Crippen LogP contribution is -2.18. The summed E-state index contributed by atoms with van der Waals surface area (Å²) in [4.78, 5) is 9.93. The average Bonchev–Trinajstić information content (AvgIpc) is 2.15. The Morgan fingerprint density at radius 3 is 2.50 bits per heavy atom. The third-order valence-electron chi connectivity index (χ3n) is 1.64. The Kier molecular flexibility index (Phi) is 3.14. The smallest absolute Gasteiger partial charge is 0.225 e. The fourth-order valence-electron chi connectivity index (χ4n) is 0.937. The lowest BCUT2D eigenvalue weighted by Gasteiger charge is -2.03. The first kappa shape index (κ1) is 8.59. The zero-order valence-electron chi connectivity index (χ0n) is 7.00. The van der Waals surface area contributed by atoms with Crippen LogP contribution in [0.3, 0.4) is 0 Å². The predicted molar refractivity (Wildman–Crippen MR) is 48.6 cm³/mol. The second-order valence-corrected chi connectivity index (χ2v) is 2.44. The molecule has 0 spiro atoms. The molecule has 0 unspecified atom stereocenters. The van der Waals surface area contributed by atoms with Gasteiger partial charge in [-0.3, -0.25) is 15.6 Å². The summed E-state index contributed by atoms with van der Waals surface area (Å²) in [6.07, 6.45) is 1.63. The van der Waals surface area contributed by atoms with Gasteiger partial charge in [0.15, 0.2) is 0 Å². The van der Waals surface area contributed by atoms with Crippen molar-refractivity contribution in [3.63, 3.8) is 0 Å². The molecule has 0 aliphatic heterocycles. The molecule has 1 amide bonds. The minimum atomic E-state index is 0.605. The van der Waals surface area contributed by atoms with Gasteiger partial charge in [-0.15, -0.1) is 0 Å². The van der Waals surface area contributed by atoms with Gasteiger partial charge in [-0.05, 0) is 24.1 Å². The third kappa shape index (κ3) is 2.27. The molecule has 0 aliphatic carbocycles. The monoisotopic (exact) mass is 164 g/mol. The van der Waals surface area contributed by atoms with Gasteiger partial charge in [-0.2, -0.15) is 0 Å². The van der Waals surface area contributed by atoms with Gasteiger partial charge in [0, 0.05) is 0 Å². The number of hydrazine groups is 1. The van der Waals surface area contributed by atoms with E-state index in [2.05, 4.69) is 17.8 Å². The summed E-state index contributed by atoms with van der Waals surface area (Å²) in [6.45, 7) is 2.10. The highest BCUT2D eigenvalue weighted by Gasteiger charge is 1.89. The highest BCUT2D eigenvalue weighted by Crippen LogP contribution is 2.08. The summed E-state index contributed by atoms with van der Waals surface area (Å²) in [6, 6.07) is 7.90. The summed E-state index contributed by atoms with van der Waals surface area (Å²) in [5.41, 5.74) is 7.27. The molecular weight excluding hydrogens is 152 g/mol. The first-order valence-electron chi connectivity index (χ1n) is 3.91. The number of nitrogens with one attached hydrogen (secondary N) is 2. The normalized spacial score (nSPS) is 9.08. The number of hydrogen-bond acceptors (Lipinski definition) is 2. The van der Waals surface area contributed by atoms with Crippen LogP contribution in [0.25, 0.3) is 0 Å². The summed E-state index contributed by atoms with van der Waals surface area (Å²) in [5, 5.41) is 0. The third-order valence-corrected chi connectivity index (χ3v) is 1.64. The summed E-state index contributed by atoms with van der Waals surface area (Å²) < 4.78 is 0. The maximum atomic E-state index is 9.93.